The van der Waals surface area contributed by atoms with Crippen molar-refractivity contribution in [3.8, 4) is 0 Å². The van der Waals surface area contributed by atoms with Crippen molar-refractivity contribution in [1.82, 2.24) is 19.8 Å². The Labute approximate surface area is 161 Å². The molecule has 0 spiro atoms. The molecule has 1 aliphatic heterocycles. The molecule has 1 aliphatic rings. The fourth-order valence-corrected chi connectivity index (χ4v) is 4.47. The molecule has 3 aromatic heterocycles. The van der Waals surface area contributed by atoms with Crippen LogP contribution >= 0.6 is 11.3 Å². The number of carbonyl (C=O) groups is 2. The molecule has 4 heterocycles. The third-order valence-corrected chi connectivity index (χ3v) is 5.99. The number of aromatic nitrogens is 2. The number of fused-ring (bicyclic) bond motifs is 1. The van der Waals surface area contributed by atoms with Crippen LogP contribution in [0, 0.1) is 5.92 Å². The predicted molar refractivity (Wildman–Crippen MR) is 106 cm³/mol. The number of aryl methyl sites for hydroxylation is 1. The minimum Gasteiger partial charge on any atom is -0.350 e. The maximum absolute atomic E-state index is 13.0. The first-order valence-electron chi connectivity index (χ1n) is 9.13. The van der Waals surface area contributed by atoms with Gasteiger partial charge < -0.3 is 14.8 Å². The normalized spacial score (nSPS) is 17.2. The van der Waals surface area contributed by atoms with Crippen LogP contribution in [0.3, 0.4) is 0 Å². The Hall–Kier alpha value is -2.67. The average molecular weight is 382 g/mol. The van der Waals surface area contributed by atoms with Crippen LogP contribution in [0.15, 0.2) is 41.9 Å². The van der Waals surface area contributed by atoms with E-state index >= 15 is 0 Å². The lowest BCUT2D eigenvalue weighted by molar-refractivity contribution is -0.126. The van der Waals surface area contributed by atoms with Crippen molar-refractivity contribution in [3.05, 3.63) is 53.3 Å². The van der Waals surface area contributed by atoms with E-state index in [1.807, 2.05) is 52.2 Å². The van der Waals surface area contributed by atoms with E-state index in [2.05, 4.69) is 10.3 Å². The monoisotopic (exact) mass is 382 g/mol. The highest BCUT2D eigenvalue weighted by Gasteiger charge is 2.30. The lowest BCUT2D eigenvalue weighted by Gasteiger charge is -2.32. The summed E-state index contributed by atoms with van der Waals surface area (Å²) in [6.07, 6.45) is 3.36. The van der Waals surface area contributed by atoms with Gasteiger partial charge in [0.15, 0.2) is 0 Å². The Morgan fingerprint density at radius 3 is 3.00 bits per heavy atom. The third-order valence-electron chi connectivity index (χ3n) is 5.13. The second-order valence-electron chi connectivity index (χ2n) is 6.89. The molecule has 1 unspecified atom stereocenters. The molecule has 0 saturated carbocycles. The van der Waals surface area contributed by atoms with Crippen LogP contribution < -0.4 is 5.32 Å². The Kier molecular flexibility index (Phi) is 4.94. The molecular formula is C20H22N4O2S. The lowest BCUT2D eigenvalue weighted by atomic mass is 9.97. The summed E-state index contributed by atoms with van der Waals surface area (Å²) in [4.78, 5) is 31.6. The van der Waals surface area contributed by atoms with Crippen molar-refractivity contribution in [3.63, 3.8) is 0 Å². The molecule has 140 valence electrons. The van der Waals surface area contributed by atoms with Gasteiger partial charge in [-0.3, -0.25) is 14.6 Å². The van der Waals surface area contributed by atoms with Crippen LogP contribution in [-0.4, -0.2) is 39.4 Å². The highest BCUT2D eigenvalue weighted by atomic mass is 32.1. The quantitative estimate of drug-likeness (QED) is 0.754. The molecule has 7 heteroatoms. The van der Waals surface area contributed by atoms with E-state index in [0.717, 1.165) is 28.8 Å². The zero-order valence-electron chi connectivity index (χ0n) is 15.2. The number of likely N-dealkylation sites (tertiary alicyclic amines) is 1. The molecule has 0 aliphatic carbocycles. The van der Waals surface area contributed by atoms with Gasteiger partial charge >= 0.3 is 0 Å². The first-order chi connectivity index (χ1) is 13.1. The minimum atomic E-state index is -0.173. The number of pyridine rings is 1. The molecule has 2 amide bonds. The topological polar surface area (TPSA) is 67.2 Å². The molecule has 1 saturated heterocycles. The maximum Gasteiger partial charge on any atom is 0.270 e. The van der Waals surface area contributed by atoms with E-state index in [0.29, 0.717) is 25.3 Å². The number of rotatable bonds is 4. The van der Waals surface area contributed by atoms with Gasteiger partial charge in [-0.1, -0.05) is 6.07 Å². The third kappa shape index (κ3) is 3.60. The summed E-state index contributed by atoms with van der Waals surface area (Å²) in [5.74, 6) is -0.179. The fourth-order valence-electron chi connectivity index (χ4n) is 3.62. The lowest BCUT2D eigenvalue weighted by Crippen LogP contribution is -2.45. The number of thiophene rings is 1. The molecule has 1 fully saturated rings. The number of nitrogens with one attached hydrogen (secondary N) is 1. The van der Waals surface area contributed by atoms with Gasteiger partial charge in [0.25, 0.3) is 5.91 Å². The molecule has 1 N–H and O–H groups in total. The second-order valence-corrected chi connectivity index (χ2v) is 7.84. The molecule has 0 aromatic carbocycles. The molecule has 6 nitrogen and oxygen atoms in total. The zero-order valence-corrected chi connectivity index (χ0v) is 16.0. The summed E-state index contributed by atoms with van der Waals surface area (Å²) >= 11 is 1.63. The van der Waals surface area contributed by atoms with Gasteiger partial charge in [-0.15, -0.1) is 11.3 Å². The Morgan fingerprint density at radius 1 is 1.33 bits per heavy atom. The highest BCUT2D eigenvalue weighted by Crippen LogP contribution is 2.26. The molecular weight excluding hydrogens is 360 g/mol. The van der Waals surface area contributed by atoms with Crippen molar-refractivity contribution in [2.45, 2.75) is 19.4 Å². The number of hydrogen-bond donors (Lipinski definition) is 1. The molecule has 4 rings (SSSR count). The predicted octanol–water partition coefficient (Wildman–Crippen LogP) is 2.80. The average Bonchev–Trinajstić information content (AvgIpc) is 3.29. The summed E-state index contributed by atoms with van der Waals surface area (Å²) in [6, 6.07) is 9.62. The zero-order chi connectivity index (χ0) is 18.8. The number of nitrogens with zero attached hydrogens (tertiary/aromatic N) is 3. The van der Waals surface area contributed by atoms with Crippen molar-refractivity contribution < 1.29 is 9.59 Å². The Balaban J connectivity index is 1.41. The van der Waals surface area contributed by atoms with Crippen LogP contribution in [-0.2, 0) is 18.4 Å². The van der Waals surface area contributed by atoms with Crippen LogP contribution in [0.4, 0.5) is 0 Å². The van der Waals surface area contributed by atoms with E-state index in [-0.39, 0.29) is 17.7 Å². The minimum absolute atomic E-state index is 0.00289. The maximum atomic E-state index is 13.0. The second kappa shape index (κ2) is 7.52. The van der Waals surface area contributed by atoms with Crippen LogP contribution in [0.5, 0.6) is 0 Å². The van der Waals surface area contributed by atoms with Crippen molar-refractivity contribution in [1.29, 1.82) is 0 Å². The van der Waals surface area contributed by atoms with E-state index < -0.39 is 0 Å². The first kappa shape index (κ1) is 17.7. The van der Waals surface area contributed by atoms with Crippen molar-refractivity contribution in [2.75, 3.05) is 13.1 Å². The van der Waals surface area contributed by atoms with E-state index in [9.17, 15) is 9.59 Å². The van der Waals surface area contributed by atoms with Gasteiger partial charge in [-0.2, -0.15) is 0 Å². The van der Waals surface area contributed by atoms with Gasteiger partial charge in [-0.05, 0) is 42.5 Å². The standard InChI is InChI=1S/C20H22N4O2S/c1-23-16-7-10-27-18(16)11-17(23)20(26)24-9-4-5-14(13-24)19(25)22-12-15-6-2-3-8-21-15/h2-3,6-8,10-11,14H,4-5,9,12-13H2,1H3,(H,22,25). The van der Waals surface area contributed by atoms with Gasteiger partial charge in [0.05, 0.1) is 28.4 Å². The van der Waals surface area contributed by atoms with Crippen molar-refractivity contribution in [2.24, 2.45) is 13.0 Å². The molecule has 0 bridgehead atoms. The van der Waals surface area contributed by atoms with Gasteiger partial charge in [0.1, 0.15) is 5.69 Å². The summed E-state index contributed by atoms with van der Waals surface area (Å²) in [5, 5.41) is 4.98. The van der Waals surface area contributed by atoms with E-state index in [4.69, 9.17) is 0 Å². The van der Waals surface area contributed by atoms with E-state index in [1.54, 1.807) is 17.5 Å². The van der Waals surface area contributed by atoms with Gasteiger partial charge in [-0.25, -0.2) is 0 Å². The van der Waals surface area contributed by atoms with Gasteiger partial charge in [0, 0.05) is 26.3 Å². The fraction of sp³-hybridized carbons (Fsp3) is 0.350. The van der Waals surface area contributed by atoms with Gasteiger partial charge in [0.2, 0.25) is 5.91 Å². The summed E-state index contributed by atoms with van der Waals surface area (Å²) in [7, 11) is 1.92. The van der Waals surface area contributed by atoms with Crippen molar-refractivity contribution >= 4 is 33.4 Å². The van der Waals surface area contributed by atoms with Crippen LogP contribution in [0.1, 0.15) is 29.0 Å². The number of piperidine rings is 1. The molecule has 27 heavy (non-hydrogen) atoms. The van der Waals surface area contributed by atoms with E-state index in [1.165, 1.54) is 0 Å². The number of carbonyl (C=O) groups excluding carboxylic acids is 2. The largest absolute Gasteiger partial charge is 0.350 e. The molecule has 0 radical (unpaired) electrons. The number of amides is 2. The Morgan fingerprint density at radius 2 is 2.22 bits per heavy atom. The smallest absolute Gasteiger partial charge is 0.270 e. The summed E-state index contributed by atoms with van der Waals surface area (Å²) < 4.78 is 3.06. The molecule has 3 aromatic rings. The van der Waals surface area contributed by atoms with Crippen LogP contribution in [0.2, 0.25) is 0 Å². The number of hydrogen-bond acceptors (Lipinski definition) is 4. The first-order valence-corrected chi connectivity index (χ1v) is 10.0. The summed E-state index contributed by atoms with van der Waals surface area (Å²) in [6.45, 7) is 1.58. The van der Waals surface area contributed by atoms with Crippen LogP contribution in [0.25, 0.3) is 10.2 Å². The highest BCUT2D eigenvalue weighted by molar-refractivity contribution is 7.17. The Bertz CT molecular complexity index is 963. The SMILES string of the molecule is Cn1c(C(=O)N2CCCC(C(=O)NCc3ccccn3)C2)cc2sccc21. The molecule has 1 atom stereocenters. The summed E-state index contributed by atoms with van der Waals surface area (Å²) in [5.41, 5.74) is 2.59.